The number of halogens is 7. The second kappa shape index (κ2) is 9.70. The van der Waals surface area contributed by atoms with Gasteiger partial charge in [0.1, 0.15) is 0 Å². The first-order chi connectivity index (χ1) is 8.02. The molecule has 1 aliphatic carbocycles. The molecule has 0 unspecified atom stereocenters. The van der Waals surface area contributed by atoms with Crippen LogP contribution in [0.25, 0.3) is 0 Å². The summed E-state index contributed by atoms with van der Waals surface area (Å²) in [7, 11) is -4.81. The molecule has 1 saturated carbocycles. The standard InChI is InChI=1S/C6H6Cl6.FH2O4P.H3N/c7-1-2(8)4(10)6(12)5(11)3(1)9;1-5-6(2,3)4;/h1-6H;(H2,2,3,4);1H3. The Morgan fingerprint density at radius 2 is 0.895 bits per heavy atom. The maximum absolute atomic E-state index is 10.2. The molecule has 0 amide bonds. The van der Waals surface area contributed by atoms with Gasteiger partial charge < -0.3 is 15.9 Å². The van der Waals surface area contributed by atoms with Crippen LogP contribution in [0.15, 0.2) is 0 Å². The van der Waals surface area contributed by atoms with Crippen LogP contribution < -0.4 is 6.15 Å². The Labute approximate surface area is 139 Å². The lowest BCUT2D eigenvalue weighted by Gasteiger charge is -2.37. The van der Waals surface area contributed by atoms with Crippen LogP contribution in [0.2, 0.25) is 0 Å². The monoisotopic (exact) mass is 421 g/mol. The molecule has 0 aromatic carbocycles. The van der Waals surface area contributed by atoms with Crippen molar-refractivity contribution in [3.05, 3.63) is 0 Å². The van der Waals surface area contributed by atoms with Crippen LogP contribution in [0.3, 0.4) is 0 Å². The van der Waals surface area contributed by atoms with E-state index in [0.717, 1.165) is 0 Å². The lowest BCUT2D eigenvalue weighted by Crippen LogP contribution is -2.52. The summed E-state index contributed by atoms with van der Waals surface area (Å²) in [6.07, 6.45) is 0. The molecule has 118 valence electrons. The zero-order valence-electron chi connectivity index (χ0n) is 8.98. The molecular formula is C6H11Cl6FNO4P. The zero-order chi connectivity index (χ0) is 14.7. The molecule has 13 heteroatoms. The van der Waals surface area contributed by atoms with Crippen LogP contribution in [-0.2, 0) is 9.29 Å². The Bertz CT molecular complexity index is 253. The summed E-state index contributed by atoms with van der Waals surface area (Å²) >= 11 is 35.3. The third-order valence-electron chi connectivity index (χ3n) is 1.92. The summed E-state index contributed by atoms with van der Waals surface area (Å²) in [5.74, 6) is 0. The second-order valence-corrected chi connectivity index (χ2v) is 7.37. The lowest BCUT2D eigenvalue weighted by molar-refractivity contribution is -0.0389. The van der Waals surface area contributed by atoms with Gasteiger partial charge >= 0.3 is 7.82 Å². The van der Waals surface area contributed by atoms with Crippen molar-refractivity contribution in [1.82, 2.24) is 6.15 Å². The summed E-state index contributed by atoms with van der Waals surface area (Å²) in [4.78, 5) is 14.7. The van der Waals surface area contributed by atoms with E-state index in [4.69, 9.17) is 84.0 Å². The normalized spacial score (nSPS) is 38.8. The number of alkyl halides is 6. The van der Waals surface area contributed by atoms with Crippen molar-refractivity contribution in [2.75, 3.05) is 0 Å². The molecule has 0 bridgehead atoms. The highest BCUT2D eigenvalue weighted by molar-refractivity contribution is 7.46. The second-order valence-electron chi connectivity index (χ2n) is 3.23. The molecule has 0 spiro atoms. The summed E-state index contributed by atoms with van der Waals surface area (Å²) < 4.78 is 21.4. The first-order valence-electron chi connectivity index (χ1n) is 4.23. The maximum atomic E-state index is 10.2. The molecule has 5 nitrogen and oxygen atoms in total. The molecular weight excluding hydrogens is 413 g/mol. The molecule has 0 aromatic rings. The van der Waals surface area contributed by atoms with Crippen LogP contribution in [0.5, 0.6) is 0 Å². The number of hydrogen-bond acceptors (Lipinski definition) is 3. The van der Waals surface area contributed by atoms with Crippen LogP contribution in [0, 0.1) is 0 Å². The van der Waals surface area contributed by atoms with E-state index in [1.165, 1.54) is 0 Å². The Morgan fingerprint density at radius 3 is 0.947 bits per heavy atom. The van der Waals surface area contributed by atoms with Crippen molar-refractivity contribution in [2.45, 2.75) is 32.3 Å². The van der Waals surface area contributed by atoms with E-state index in [2.05, 4.69) is 4.73 Å². The van der Waals surface area contributed by atoms with Crippen molar-refractivity contribution < 1.29 is 23.6 Å². The first-order valence-corrected chi connectivity index (χ1v) is 8.38. The summed E-state index contributed by atoms with van der Waals surface area (Å²) in [5, 5.41) is -2.62. The fourth-order valence-corrected chi connectivity index (χ4v) is 3.38. The molecule has 0 aromatic heterocycles. The molecule has 1 rings (SSSR count). The Hall–Kier alpha value is 1.74. The molecule has 0 atom stereocenters. The molecule has 19 heavy (non-hydrogen) atoms. The molecule has 1 fully saturated rings. The van der Waals surface area contributed by atoms with E-state index in [9.17, 15) is 4.53 Å². The van der Waals surface area contributed by atoms with Gasteiger partial charge in [-0.2, -0.15) is 0 Å². The molecule has 0 aliphatic heterocycles. The van der Waals surface area contributed by atoms with Crippen LogP contribution in [0.1, 0.15) is 0 Å². The third-order valence-corrected chi connectivity index (χ3v) is 6.13. The molecule has 5 N–H and O–H groups in total. The predicted octanol–water partition coefficient (Wildman–Crippen LogP) is 3.79. The van der Waals surface area contributed by atoms with Gasteiger partial charge in [0, 0.05) is 0 Å². The fourth-order valence-electron chi connectivity index (χ4n) is 1.05. The fraction of sp³-hybridized carbons (Fsp3) is 1.00. The Balaban J connectivity index is 0. The van der Waals surface area contributed by atoms with Crippen molar-refractivity contribution in [2.24, 2.45) is 0 Å². The summed E-state index contributed by atoms with van der Waals surface area (Å²) in [6.45, 7) is 0. The van der Waals surface area contributed by atoms with E-state index in [-0.39, 0.29) is 6.15 Å². The summed E-state index contributed by atoms with van der Waals surface area (Å²) in [6, 6.07) is 0. The van der Waals surface area contributed by atoms with Crippen molar-refractivity contribution in [3.8, 4) is 0 Å². The zero-order valence-corrected chi connectivity index (χ0v) is 14.4. The van der Waals surface area contributed by atoms with Gasteiger partial charge in [0.25, 0.3) is 0 Å². The van der Waals surface area contributed by atoms with E-state index >= 15 is 0 Å². The quantitative estimate of drug-likeness (QED) is 0.440. The minimum absolute atomic E-state index is 0. The summed E-state index contributed by atoms with van der Waals surface area (Å²) in [5.41, 5.74) is 0. The molecule has 1 aliphatic rings. The van der Waals surface area contributed by atoms with Gasteiger partial charge in [0.2, 0.25) is 0 Å². The average molecular weight is 424 g/mol. The van der Waals surface area contributed by atoms with Gasteiger partial charge in [0.05, 0.1) is 32.3 Å². The van der Waals surface area contributed by atoms with Gasteiger partial charge in [-0.1, -0.05) is 4.73 Å². The van der Waals surface area contributed by atoms with E-state index in [1.807, 2.05) is 0 Å². The number of hydrogen-bond donors (Lipinski definition) is 3. The highest BCUT2D eigenvalue weighted by Crippen LogP contribution is 2.39. The maximum Gasteiger partial charge on any atom is 0.500 e. The number of rotatable bonds is 1. The van der Waals surface area contributed by atoms with Gasteiger partial charge in [0.15, 0.2) is 0 Å². The van der Waals surface area contributed by atoms with Crippen LogP contribution >= 0.6 is 77.4 Å². The Morgan fingerprint density at radius 1 is 0.789 bits per heavy atom. The van der Waals surface area contributed by atoms with E-state index in [0.29, 0.717) is 0 Å². The highest BCUT2D eigenvalue weighted by Gasteiger charge is 2.46. The highest BCUT2D eigenvalue weighted by atomic mass is 35.5. The molecule has 0 heterocycles. The van der Waals surface area contributed by atoms with Gasteiger partial charge in [-0.15, -0.1) is 69.6 Å². The minimum Gasteiger partial charge on any atom is -0.344 e. The van der Waals surface area contributed by atoms with E-state index < -0.39 is 40.1 Å². The van der Waals surface area contributed by atoms with Crippen molar-refractivity contribution in [1.29, 1.82) is 0 Å². The predicted molar refractivity (Wildman–Crippen MR) is 77.1 cm³/mol. The van der Waals surface area contributed by atoms with Crippen molar-refractivity contribution in [3.63, 3.8) is 0 Å². The topological polar surface area (TPSA) is 102 Å². The average Bonchev–Trinajstić information content (AvgIpc) is 2.31. The van der Waals surface area contributed by atoms with E-state index in [1.54, 1.807) is 0 Å². The number of phosphoric acid groups is 1. The van der Waals surface area contributed by atoms with Crippen LogP contribution in [-0.4, -0.2) is 42.0 Å². The van der Waals surface area contributed by atoms with Gasteiger partial charge in [-0.3, -0.25) is 0 Å². The molecule has 0 saturated heterocycles. The Kier molecular flexibility index (Phi) is 11.7. The van der Waals surface area contributed by atoms with Crippen LogP contribution in [0.4, 0.5) is 4.53 Å². The van der Waals surface area contributed by atoms with Crippen molar-refractivity contribution >= 4 is 77.4 Å². The SMILES string of the molecule is ClC1C(Cl)C(Cl)C(Cl)C(Cl)C1Cl.N.O=P(O)(O)OF. The molecule has 0 radical (unpaired) electrons. The lowest BCUT2D eigenvalue weighted by atomic mass is 9.97. The largest absolute Gasteiger partial charge is 0.500 e. The van der Waals surface area contributed by atoms with Gasteiger partial charge in [-0.05, 0) is 4.53 Å². The smallest absolute Gasteiger partial charge is 0.344 e. The van der Waals surface area contributed by atoms with Gasteiger partial charge in [-0.25, -0.2) is 4.57 Å². The first kappa shape index (κ1) is 23.0. The minimum atomic E-state index is -4.81. The third kappa shape index (κ3) is 7.52.